The molecule has 1 aromatic carbocycles. The molecule has 0 unspecified atom stereocenters. The SMILES string of the molecule is NS(=O)(=O)Nc1cc(C(=O)O)cc(C(=O)O)c1. The molecule has 0 bridgehead atoms. The molecular weight excluding hydrogens is 252 g/mol. The molecule has 0 saturated heterocycles. The summed E-state index contributed by atoms with van der Waals surface area (Å²) in [7, 11) is -4.10. The van der Waals surface area contributed by atoms with E-state index >= 15 is 0 Å². The van der Waals surface area contributed by atoms with Gasteiger partial charge < -0.3 is 10.2 Å². The van der Waals surface area contributed by atoms with Crippen LogP contribution in [0.15, 0.2) is 18.2 Å². The zero-order valence-corrected chi connectivity index (χ0v) is 9.06. The lowest BCUT2D eigenvalue weighted by Gasteiger charge is -2.06. The number of carboxylic acid groups (broad SMARTS) is 2. The second-order valence-electron chi connectivity index (χ2n) is 3.06. The van der Waals surface area contributed by atoms with Gasteiger partial charge in [-0.15, -0.1) is 0 Å². The van der Waals surface area contributed by atoms with Crippen molar-refractivity contribution in [2.75, 3.05) is 4.72 Å². The molecule has 5 N–H and O–H groups in total. The lowest BCUT2D eigenvalue weighted by molar-refractivity contribution is 0.0696. The van der Waals surface area contributed by atoms with E-state index in [-0.39, 0.29) is 16.8 Å². The summed E-state index contributed by atoms with van der Waals surface area (Å²) >= 11 is 0. The Bertz CT molecular complexity index is 547. The van der Waals surface area contributed by atoms with Crippen LogP contribution in [-0.2, 0) is 10.2 Å². The molecule has 0 aliphatic rings. The Labute approximate surface area is 95.9 Å². The molecule has 0 spiro atoms. The molecule has 0 atom stereocenters. The molecule has 0 heterocycles. The maximum absolute atomic E-state index is 10.7. The zero-order chi connectivity index (χ0) is 13.2. The zero-order valence-electron chi connectivity index (χ0n) is 8.25. The van der Waals surface area contributed by atoms with Crippen LogP contribution >= 0.6 is 0 Å². The van der Waals surface area contributed by atoms with Crippen molar-refractivity contribution in [3.05, 3.63) is 29.3 Å². The van der Waals surface area contributed by atoms with E-state index in [1.165, 1.54) is 0 Å². The van der Waals surface area contributed by atoms with E-state index in [1.54, 1.807) is 4.72 Å². The largest absolute Gasteiger partial charge is 0.478 e. The molecule has 1 rings (SSSR count). The predicted molar refractivity (Wildman–Crippen MR) is 57.1 cm³/mol. The molecule has 0 fully saturated rings. The van der Waals surface area contributed by atoms with Crippen LogP contribution in [0, 0.1) is 0 Å². The molecule has 0 aromatic heterocycles. The highest BCUT2D eigenvalue weighted by atomic mass is 32.2. The van der Waals surface area contributed by atoms with E-state index < -0.39 is 22.1 Å². The first kappa shape index (κ1) is 12.9. The number of aromatic carboxylic acids is 2. The normalized spacial score (nSPS) is 10.9. The molecule has 0 aliphatic heterocycles. The van der Waals surface area contributed by atoms with Crippen molar-refractivity contribution in [2.45, 2.75) is 0 Å². The monoisotopic (exact) mass is 260 g/mol. The fraction of sp³-hybridized carbons (Fsp3) is 0. The van der Waals surface area contributed by atoms with Gasteiger partial charge in [0.25, 0.3) is 10.2 Å². The van der Waals surface area contributed by atoms with E-state index in [9.17, 15) is 18.0 Å². The first-order valence-electron chi connectivity index (χ1n) is 4.11. The van der Waals surface area contributed by atoms with Crippen LogP contribution in [0.5, 0.6) is 0 Å². The highest BCUT2D eigenvalue weighted by Crippen LogP contribution is 2.16. The maximum atomic E-state index is 10.7. The van der Waals surface area contributed by atoms with Crippen molar-refractivity contribution < 1.29 is 28.2 Å². The summed E-state index contributed by atoms with van der Waals surface area (Å²) in [4.78, 5) is 21.4. The van der Waals surface area contributed by atoms with Crippen LogP contribution in [0.25, 0.3) is 0 Å². The lowest BCUT2D eigenvalue weighted by atomic mass is 10.1. The average Bonchev–Trinajstić information content (AvgIpc) is 2.14. The third-order valence-corrected chi connectivity index (χ3v) is 2.21. The number of benzene rings is 1. The molecule has 17 heavy (non-hydrogen) atoms. The summed E-state index contributed by atoms with van der Waals surface area (Å²) in [5.74, 6) is -2.77. The second kappa shape index (κ2) is 4.39. The van der Waals surface area contributed by atoms with Gasteiger partial charge in [-0.2, -0.15) is 8.42 Å². The topological polar surface area (TPSA) is 147 Å². The fourth-order valence-electron chi connectivity index (χ4n) is 1.10. The highest BCUT2D eigenvalue weighted by Gasteiger charge is 2.13. The summed E-state index contributed by atoms with van der Waals surface area (Å²) in [6, 6.07) is 2.82. The van der Waals surface area contributed by atoms with E-state index in [4.69, 9.17) is 10.2 Å². The third kappa shape index (κ3) is 3.74. The first-order chi connectivity index (χ1) is 7.69. The van der Waals surface area contributed by atoms with Crippen LogP contribution in [0.3, 0.4) is 0 Å². The number of rotatable bonds is 4. The molecule has 8 nitrogen and oxygen atoms in total. The number of nitrogens with one attached hydrogen (secondary N) is 1. The van der Waals surface area contributed by atoms with Crippen LogP contribution in [-0.4, -0.2) is 30.6 Å². The first-order valence-corrected chi connectivity index (χ1v) is 5.66. The Morgan fingerprint density at radius 3 is 1.76 bits per heavy atom. The van der Waals surface area contributed by atoms with Crippen LogP contribution in [0.2, 0.25) is 0 Å². The number of hydrogen-bond donors (Lipinski definition) is 4. The van der Waals surface area contributed by atoms with Gasteiger partial charge in [0.15, 0.2) is 0 Å². The number of anilines is 1. The molecule has 9 heteroatoms. The highest BCUT2D eigenvalue weighted by molar-refractivity contribution is 7.90. The molecular formula is C8H8N2O6S. The van der Waals surface area contributed by atoms with Crippen molar-refractivity contribution in [1.82, 2.24) is 0 Å². The van der Waals surface area contributed by atoms with Crippen LogP contribution in [0.1, 0.15) is 20.7 Å². The van der Waals surface area contributed by atoms with Gasteiger partial charge in [0.1, 0.15) is 0 Å². The van der Waals surface area contributed by atoms with Crippen molar-refractivity contribution in [2.24, 2.45) is 5.14 Å². The fourth-order valence-corrected chi connectivity index (χ4v) is 1.54. The Morgan fingerprint density at radius 2 is 1.47 bits per heavy atom. The Morgan fingerprint density at radius 1 is 1.06 bits per heavy atom. The molecule has 92 valence electrons. The summed E-state index contributed by atoms with van der Waals surface area (Å²) < 4.78 is 23.3. The standard InChI is InChI=1S/C8H8N2O6S/c9-17(15,16)10-6-2-4(7(11)12)1-5(3-6)8(13)14/h1-3,10H,(H,11,12)(H,13,14)(H2,9,15,16). The van der Waals surface area contributed by atoms with Gasteiger partial charge in [0, 0.05) is 0 Å². The van der Waals surface area contributed by atoms with Crippen molar-refractivity contribution in [1.29, 1.82) is 0 Å². The molecule has 1 aromatic rings. The summed E-state index contributed by atoms with van der Waals surface area (Å²) in [5.41, 5.74) is -0.961. The maximum Gasteiger partial charge on any atom is 0.335 e. The molecule has 0 aliphatic carbocycles. The number of carboxylic acids is 2. The summed E-state index contributed by atoms with van der Waals surface area (Å²) in [6.07, 6.45) is 0. The minimum atomic E-state index is -4.10. The number of carbonyl (C=O) groups is 2. The van der Waals surface area contributed by atoms with Gasteiger partial charge in [-0.25, -0.2) is 14.7 Å². The molecule has 0 radical (unpaired) electrons. The van der Waals surface area contributed by atoms with Gasteiger partial charge in [0.2, 0.25) is 0 Å². The number of nitrogens with two attached hydrogens (primary N) is 1. The van der Waals surface area contributed by atoms with Crippen molar-refractivity contribution in [3.63, 3.8) is 0 Å². The van der Waals surface area contributed by atoms with Gasteiger partial charge in [-0.05, 0) is 18.2 Å². The van der Waals surface area contributed by atoms with Gasteiger partial charge in [-0.1, -0.05) is 0 Å². The van der Waals surface area contributed by atoms with E-state index in [0.29, 0.717) is 0 Å². The van der Waals surface area contributed by atoms with Crippen LogP contribution in [0.4, 0.5) is 5.69 Å². The third-order valence-electron chi connectivity index (χ3n) is 1.69. The predicted octanol–water partition coefficient (Wildman–Crippen LogP) is -0.302. The minimum Gasteiger partial charge on any atom is -0.478 e. The van der Waals surface area contributed by atoms with Gasteiger partial charge in [-0.3, -0.25) is 4.72 Å². The van der Waals surface area contributed by atoms with Crippen molar-refractivity contribution >= 4 is 27.8 Å². The smallest absolute Gasteiger partial charge is 0.335 e. The van der Waals surface area contributed by atoms with Crippen LogP contribution < -0.4 is 9.86 Å². The van der Waals surface area contributed by atoms with E-state index in [2.05, 4.69) is 5.14 Å². The second-order valence-corrected chi connectivity index (χ2v) is 4.35. The Balaban J connectivity index is 3.31. The molecule has 0 saturated carbocycles. The Hall–Kier alpha value is -2.13. The molecule has 0 amide bonds. The van der Waals surface area contributed by atoms with Gasteiger partial charge >= 0.3 is 11.9 Å². The van der Waals surface area contributed by atoms with Crippen molar-refractivity contribution in [3.8, 4) is 0 Å². The quantitative estimate of drug-likeness (QED) is 0.584. The lowest BCUT2D eigenvalue weighted by Crippen LogP contribution is -2.22. The minimum absolute atomic E-state index is 0.232. The van der Waals surface area contributed by atoms with Gasteiger partial charge in [0.05, 0.1) is 16.8 Å². The number of hydrogen-bond acceptors (Lipinski definition) is 4. The van der Waals surface area contributed by atoms with E-state index in [1.807, 2.05) is 0 Å². The van der Waals surface area contributed by atoms with E-state index in [0.717, 1.165) is 18.2 Å². The average molecular weight is 260 g/mol. The summed E-state index contributed by atoms with van der Waals surface area (Å²) in [5, 5.41) is 22.1. The Kier molecular flexibility index (Phi) is 3.34. The summed E-state index contributed by atoms with van der Waals surface area (Å²) in [6.45, 7) is 0.